The molecule has 0 aromatic heterocycles. The van der Waals surface area contributed by atoms with Gasteiger partial charge in [-0.15, -0.1) is 0 Å². The van der Waals surface area contributed by atoms with Gasteiger partial charge < -0.3 is 9.47 Å². The SMILES string of the molecule is NS(=O)(=O)c1cc(F)cc(F)c1OCC1CCCCO1. The predicted molar refractivity (Wildman–Crippen MR) is 66.8 cm³/mol. The van der Waals surface area contributed by atoms with E-state index < -0.39 is 32.3 Å². The van der Waals surface area contributed by atoms with Gasteiger partial charge in [0.15, 0.2) is 11.6 Å². The first kappa shape index (κ1) is 15.1. The summed E-state index contributed by atoms with van der Waals surface area (Å²) in [6.45, 7) is 0.576. The van der Waals surface area contributed by atoms with Gasteiger partial charge in [-0.2, -0.15) is 0 Å². The van der Waals surface area contributed by atoms with Gasteiger partial charge >= 0.3 is 0 Å². The van der Waals surface area contributed by atoms with Gasteiger partial charge in [-0.3, -0.25) is 0 Å². The Hall–Kier alpha value is -1.25. The molecule has 1 aliphatic heterocycles. The van der Waals surface area contributed by atoms with Gasteiger partial charge in [0.1, 0.15) is 17.3 Å². The van der Waals surface area contributed by atoms with Crippen molar-refractivity contribution < 1.29 is 26.7 Å². The summed E-state index contributed by atoms with van der Waals surface area (Å²) in [4.78, 5) is -0.703. The smallest absolute Gasteiger partial charge is 0.241 e. The third-order valence-electron chi connectivity index (χ3n) is 2.97. The van der Waals surface area contributed by atoms with Crippen LogP contribution < -0.4 is 9.88 Å². The number of hydrogen-bond acceptors (Lipinski definition) is 4. The van der Waals surface area contributed by atoms with Crippen molar-refractivity contribution >= 4 is 10.0 Å². The average Bonchev–Trinajstić information content (AvgIpc) is 2.37. The van der Waals surface area contributed by atoms with Crippen LogP contribution in [0.15, 0.2) is 17.0 Å². The average molecular weight is 307 g/mol. The lowest BCUT2D eigenvalue weighted by atomic mass is 10.1. The van der Waals surface area contributed by atoms with E-state index in [1.807, 2.05) is 0 Å². The maximum absolute atomic E-state index is 13.7. The third kappa shape index (κ3) is 3.65. The molecular formula is C12H15F2NO4S. The quantitative estimate of drug-likeness (QED) is 0.915. The highest BCUT2D eigenvalue weighted by Crippen LogP contribution is 2.28. The van der Waals surface area contributed by atoms with E-state index in [9.17, 15) is 17.2 Å². The monoisotopic (exact) mass is 307 g/mol. The molecule has 1 atom stereocenters. The van der Waals surface area contributed by atoms with Crippen molar-refractivity contribution in [1.29, 1.82) is 0 Å². The van der Waals surface area contributed by atoms with E-state index in [0.29, 0.717) is 18.7 Å². The zero-order valence-corrected chi connectivity index (χ0v) is 11.5. The lowest BCUT2D eigenvalue weighted by Gasteiger charge is -2.23. The van der Waals surface area contributed by atoms with Crippen LogP contribution in [0.1, 0.15) is 19.3 Å². The Bertz CT molecular complexity index is 585. The fourth-order valence-electron chi connectivity index (χ4n) is 2.00. The first-order chi connectivity index (χ1) is 9.38. The number of benzene rings is 1. The Morgan fingerprint density at radius 3 is 2.70 bits per heavy atom. The Morgan fingerprint density at radius 2 is 2.10 bits per heavy atom. The summed E-state index contributed by atoms with van der Waals surface area (Å²) in [7, 11) is -4.28. The van der Waals surface area contributed by atoms with Crippen LogP contribution in [0.4, 0.5) is 8.78 Å². The molecule has 2 rings (SSSR count). The summed E-state index contributed by atoms with van der Waals surface area (Å²) in [5.41, 5.74) is 0. The Morgan fingerprint density at radius 1 is 1.35 bits per heavy atom. The van der Waals surface area contributed by atoms with Crippen LogP contribution >= 0.6 is 0 Å². The lowest BCUT2D eigenvalue weighted by Crippen LogP contribution is -2.26. The number of sulfonamides is 1. The first-order valence-electron chi connectivity index (χ1n) is 6.14. The van der Waals surface area contributed by atoms with Crippen molar-refractivity contribution in [2.75, 3.05) is 13.2 Å². The summed E-state index contributed by atoms with van der Waals surface area (Å²) in [5, 5.41) is 4.93. The molecule has 20 heavy (non-hydrogen) atoms. The fourth-order valence-corrected chi connectivity index (χ4v) is 2.69. The molecule has 8 heteroatoms. The fraction of sp³-hybridized carbons (Fsp3) is 0.500. The summed E-state index contributed by atoms with van der Waals surface area (Å²) >= 11 is 0. The molecular weight excluding hydrogens is 292 g/mol. The van der Waals surface area contributed by atoms with Gasteiger partial charge in [-0.25, -0.2) is 22.3 Å². The number of ether oxygens (including phenoxy) is 2. The van der Waals surface area contributed by atoms with Crippen LogP contribution in [0, 0.1) is 11.6 Å². The molecule has 112 valence electrons. The van der Waals surface area contributed by atoms with Crippen LogP contribution in [0.25, 0.3) is 0 Å². The third-order valence-corrected chi connectivity index (χ3v) is 3.88. The van der Waals surface area contributed by atoms with Crippen LogP contribution in [-0.2, 0) is 14.8 Å². The van der Waals surface area contributed by atoms with Crippen molar-refractivity contribution in [1.82, 2.24) is 0 Å². The van der Waals surface area contributed by atoms with E-state index >= 15 is 0 Å². The second kappa shape index (κ2) is 6.02. The lowest BCUT2D eigenvalue weighted by molar-refractivity contribution is -0.0123. The maximum atomic E-state index is 13.7. The summed E-state index contributed by atoms with van der Waals surface area (Å²) in [5.74, 6) is -2.71. The van der Waals surface area contributed by atoms with Crippen LogP contribution in [0.5, 0.6) is 5.75 Å². The number of hydrogen-bond donors (Lipinski definition) is 1. The number of rotatable bonds is 4. The molecule has 1 unspecified atom stereocenters. The highest BCUT2D eigenvalue weighted by Gasteiger charge is 2.23. The second-order valence-electron chi connectivity index (χ2n) is 4.56. The number of primary sulfonamides is 1. The maximum Gasteiger partial charge on any atom is 0.241 e. The minimum atomic E-state index is -4.28. The largest absolute Gasteiger partial charge is 0.486 e. The molecule has 5 nitrogen and oxygen atoms in total. The number of nitrogens with two attached hydrogens (primary N) is 1. The molecule has 1 aromatic carbocycles. The molecule has 0 amide bonds. The van der Waals surface area contributed by atoms with E-state index in [4.69, 9.17) is 14.6 Å². The topological polar surface area (TPSA) is 78.6 Å². The molecule has 0 saturated carbocycles. The van der Waals surface area contributed by atoms with E-state index in [-0.39, 0.29) is 12.7 Å². The molecule has 1 aromatic rings. The molecule has 1 aliphatic rings. The van der Waals surface area contributed by atoms with Gasteiger partial charge in [0.2, 0.25) is 10.0 Å². The summed E-state index contributed by atoms with van der Waals surface area (Å²) in [6, 6.07) is 1.18. The minimum absolute atomic E-state index is 0.00886. The van der Waals surface area contributed by atoms with E-state index in [1.54, 1.807) is 0 Å². The van der Waals surface area contributed by atoms with Crippen LogP contribution in [0.3, 0.4) is 0 Å². The molecule has 1 heterocycles. The highest BCUT2D eigenvalue weighted by atomic mass is 32.2. The van der Waals surface area contributed by atoms with Crippen LogP contribution in [-0.4, -0.2) is 27.7 Å². The molecule has 2 N–H and O–H groups in total. The van der Waals surface area contributed by atoms with E-state index in [0.717, 1.165) is 19.3 Å². The van der Waals surface area contributed by atoms with Gasteiger partial charge in [0.05, 0.1) is 6.10 Å². The molecule has 0 aliphatic carbocycles. The van der Waals surface area contributed by atoms with Gasteiger partial charge in [0.25, 0.3) is 0 Å². The second-order valence-corrected chi connectivity index (χ2v) is 6.09. The van der Waals surface area contributed by atoms with Gasteiger partial charge in [0, 0.05) is 12.7 Å². The Kier molecular flexibility index (Phi) is 4.56. The Balaban J connectivity index is 2.21. The van der Waals surface area contributed by atoms with Crippen LogP contribution in [0.2, 0.25) is 0 Å². The molecule has 1 saturated heterocycles. The zero-order chi connectivity index (χ0) is 14.8. The predicted octanol–water partition coefficient (Wildman–Crippen LogP) is 1.56. The number of halogens is 2. The van der Waals surface area contributed by atoms with Crippen molar-refractivity contribution in [2.45, 2.75) is 30.3 Å². The van der Waals surface area contributed by atoms with Crippen molar-refractivity contribution in [3.8, 4) is 5.75 Å². The summed E-state index contributed by atoms with van der Waals surface area (Å²) < 4.78 is 60.0. The van der Waals surface area contributed by atoms with Gasteiger partial charge in [-0.1, -0.05) is 0 Å². The van der Waals surface area contributed by atoms with E-state index in [2.05, 4.69) is 0 Å². The Labute approximate surface area is 115 Å². The molecule has 1 fully saturated rings. The molecule has 0 radical (unpaired) electrons. The van der Waals surface area contributed by atoms with Crippen molar-refractivity contribution in [3.63, 3.8) is 0 Å². The highest BCUT2D eigenvalue weighted by molar-refractivity contribution is 7.89. The standard InChI is InChI=1S/C12H15F2NO4S/c13-8-5-10(14)12(11(6-8)20(15,16)17)19-7-9-3-1-2-4-18-9/h5-6,9H,1-4,7H2,(H2,15,16,17). The zero-order valence-electron chi connectivity index (χ0n) is 10.6. The van der Waals surface area contributed by atoms with Crippen molar-refractivity contribution in [2.24, 2.45) is 5.14 Å². The first-order valence-corrected chi connectivity index (χ1v) is 7.69. The molecule has 0 bridgehead atoms. The van der Waals surface area contributed by atoms with Crippen molar-refractivity contribution in [3.05, 3.63) is 23.8 Å². The molecule has 0 spiro atoms. The van der Waals surface area contributed by atoms with Gasteiger partial charge in [-0.05, 0) is 25.3 Å². The minimum Gasteiger partial charge on any atom is -0.486 e. The van der Waals surface area contributed by atoms with E-state index in [1.165, 1.54) is 0 Å². The summed E-state index contributed by atoms with van der Waals surface area (Å²) in [6.07, 6.45) is 2.42. The normalized spacial score (nSPS) is 19.9.